The van der Waals surface area contributed by atoms with Crippen LogP contribution in [0.4, 0.5) is 11.4 Å². The van der Waals surface area contributed by atoms with E-state index in [0.29, 0.717) is 18.0 Å². The molecule has 1 unspecified atom stereocenters. The molecular formula is C15H23N3O3. The molecule has 1 aliphatic heterocycles. The Balaban J connectivity index is 2.19. The number of benzene rings is 1. The SMILES string of the molecule is CCOc1cccc(NC2CCCN(CC)C2)c1[N+](=O)[O-]. The van der Waals surface area contributed by atoms with Gasteiger partial charge in [-0.05, 0) is 45.0 Å². The van der Waals surface area contributed by atoms with Crippen LogP contribution in [-0.2, 0) is 0 Å². The number of hydrogen-bond donors (Lipinski definition) is 1. The number of nitrogens with one attached hydrogen (secondary N) is 1. The van der Waals surface area contributed by atoms with E-state index in [4.69, 9.17) is 4.74 Å². The molecule has 1 heterocycles. The van der Waals surface area contributed by atoms with Crippen LogP contribution in [0.5, 0.6) is 5.75 Å². The first-order valence-corrected chi connectivity index (χ1v) is 7.54. The van der Waals surface area contributed by atoms with E-state index in [1.165, 1.54) is 0 Å². The monoisotopic (exact) mass is 293 g/mol. The number of para-hydroxylation sites is 1. The first-order chi connectivity index (χ1) is 10.2. The van der Waals surface area contributed by atoms with Gasteiger partial charge in [0.05, 0.1) is 11.5 Å². The Hall–Kier alpha value is -1.82. The van der Waals surface area contributed by atoms with Gasteiger partial charge in [0.25, 0.3) is 0 Å². The lowest BCUT2D eigenvalue weighted by molar-refractivity contribution is -0.385. The zero-order chi connectivity index (χ0) is 15.2. The Morgan fingerprint density at radius 1 is 1.48 bits per heavy atom. The normalized spacial score (nSPS) is 19.2. The van der Waals surface area contributed by atoms with Crippen molar-refractivity contribution in [1.29, 1.82) is 0 Å². The highest BCUT2D eigenvalue weighted by Crippen LogP contribution is 2.35. The minimum absolute atomic E-state index is 0.0352. The lowest BCUT2D eigenvalue weighted by Gasteiger charge is -2.32. The molecule has 6 nitrogen and oxygen atoms in total. The number of nitro benzene ring substituents is 1. The number of hydrogen-bond acceptors (Lipinski definition) is 5. The fraction of sp³-hybridized carbons (Fsp3) is 0.600. The van der Waals surface area contributed by atoms with Crippen molar-refractivity contribution in [3.05, 3.63) is 28.3 Å². The summed E-state index contributed by atoms with van der Waals surface area (Å²) < 4.78 is 5.38. The van der Waals surface area contributed by atoms with E-state index in [1.807, 2.05) is 6.92 Å². The number of anilines is 1. The highest BCUT2D eigenvalue weighted by molar-refractivity contribution is 5.68. The predicted octanol–water partition coefficient (Wildman–Crippen LogP) is 2.89. The van der Waals surface area contributed by atoms with Gasteiger partial charge in [-0.25, -0.2) is 0 Å². The second-order valence-electron chi connectivity index (χ2n) is 5.22. The van der Waals surface area contributed by atoms with E-state index in [2.05, 4.69) is 17.1 Å². The van der Waals surface area contributed by atoms with Gasteiger partial charge in [-0.1, -0.05) is 13.0 Å². The molecule has 1 fully saturated rings. The fourth-order valence-corrected chi connectivity index (χ4v) is 2.78. The van der Waals surface area contributed by atoms with Crippen LogP contribution < -0.4 is 10.1 Å². The van der Waals surface area contributed by atoms with Crippen molar-refractivity contribution in [1.82, 2.24) is 4.90 Å². The number of nitrogens with zero attached hydrogens (tertiary/aromatic N) is 2. The van der Waals surface area contributed by atoms with E-state index in [1.54, 1.807) is 18.2 Å². The van der Waals surface area contributed by atoms with Crippen LogP contribution in [0.2, 0.25) is 0 Å². The molecule has 1 aromatic carbocycles. The van der Waals surface area contributed by atoms with Crippen LogP contribution in [0.15, 0.2) is 18.2 Å². The van der Waals surface area contributed by atoms with Crippen LogP contribution in [0.3, 0.4) is 0 Å². The molecule has 2 rings (SSSR count). The molecule has 0 spiro atoms. The van der Waals surface area contributed by atoms with Crippen molar-refractivity contribution < 1.29 is 9.66 Å². The predicted molar refractivity (Wildman–Crippen MR) is 83.0 cm³/mol. The highest BCUT2D eigenvalue weighted by Gasteiger charge is 2.25. The number of nitro groups is 1. The van der Waals surface area contributed by atoms with Crippen molar-refractivity contribution in [2.75, 3.05) is 31.6 Å². The zero-order valence-electron chi connectivity index (χ0n) is 12.7. The largest absolute Gasteiger partial charge is 0.487 e. The second-order valence-corrected chi connectivity index (χ2v) is 5.22. The minimum Gasteiger partial charge on any atom is -0.487 e. The number of rotatable bonds is 6. The summed E-state index contributed by atoms with van der Waals surface area (Å²) >= 11 is 0. The first-order valence-electron chi connectivity index (χ1n) is 7.54. The molecular weight excluding hydrogens is 270 g/mol. The molecule has 1 aromatic rings. The van der Waals surface area contributed by atoms with Gasteiger partial charge in [-0.2, -0.15) is 0 Å². The maximum atomic E-state index is 11.4. The van der Waals surface area contributed by atoms with Gasteiger partial charge in [0.1, 0.15) is 5.69 Å². The molecule has 0 amide bonds. The van der Waals surface area contributed by atoms with Crippen molar-refractivity contribution in [2.45, 2.75) is 32.7 Å². The second kappa shape index (κ2) is 7.26. The minimum atomic E-state index is -0.367. The third-order valence-corrected chi connectivity index (χ3v) is 3.79. The van der Waals surface area contributed by atoms with Gasteiger partial charge in [0.15, 0.2) is 5.75 Å². The number of ether oxygens (including phenoxy) is 1. The molecule has 6 heteroatoms. The number of piperidine rings is 1. The first kappa shape index (κ1) is 15.6. The molecule has 21 heavy (non-hydrogen) atoms. The summed E-state index contributed by atoms with van der Waals surface area (Å²) in [6.07, 6.45) is 2.15. The smallest absolute Gasteiger partial charge is 0.333 e. The van der Waals surface area contributed by atoms with Gasteiger partial charge in [-0.3, -0.25) is 10.1 Å². The van der Waals surface area contributed by atoms with Crippen molar-refractivity contribution in [3.8, 4) is 5.75 Å². The van der Waals surface area contributed by atoms with E-state index in [-0.39, 0.29) is 16.7 Å². The molecule has 0 radical (unpaired) electrons. The molecule has 1 atom stereocenters. The molecule has 1 saturated heterocycles. The molecule has 1 aliphatic rings. The Labute approximate surface area is 125 Å². The molecule has 0 bridgehead atoms. The van der Waals surface area contributed by atoms with Crippen LogP contribution >= 0.6 is 0 Å². The summed E-state index contributed by atoms with van der Waals surface area (Å²) in [5.74, 6) is 0.329. The Bertz CT molecular complexity index is 493. The van der Waals surface area contributed by atoms with Crippen LogP contribution in [0.1, 0.15) is 26.7 Å². The molecule has 1 N–H and O–H groups in total. The van der Waals surface area contributed by atoms with E-state index in [9.17, 15) is 10.1 Å². The van der Waals surface area contributed by atoms with E-state index in [0.717, 1.165) is 32.5 Å². The fourth-order valence-electron chi connectivity index (χ4n) is 2.78. The van der Waals surface area contributed by atoms with Gasteiger partial charge in [0.2, 0.25) is 0 Å². The molecule has 0 saturated carbocycles. The summed E-state index contributed by atoms with van der Waals surface area (Å²) in [6.45, 7) is 7.42. The van der Waals surface area contributed by atoms with Gasteiger partial charge < -0.3 is 15.0 Å². The average Bonchev–Trinajstić information content (AvgIpc) is 2.47. The molecule has 0 aliphatic carbocycles. The Kier molecular flexibility index (Phi) is 5.38. The maximum absolute atomic E-state index is 11.4. The van der Waals surface area contributed by atoms with Crippen LogP contribution in [0.25, 0.3) is 0 Å². The van der Waals surface area contributed by atoms with Gasteiger partial charge in [0, 0.05) is 12.6 Å². The summed E-state index contributed by atoms with van der Waals surface area (Å²) in [7, 11) is 0. The van der Waals surface area contributed by atoms with E-state index < -0.39 is 0 Å². The van der Waals surface area contributed by atoms with Crippen molar-refractivity contribution in [2.24, 2.45) is 0 Å². The number of likely N-dealkylation sites (N-methyl/N-ethyl adjacent to an activating group) is 1. The molecule has 0 aromatic heterocycles. The molecule has 116 valence electrons. The summed E-state index contributed by atoms with van der Waals surface area (Å²) in [5.41, 5.74) is 0.585. The van der Waals surface area contributed by atoms with Gasteiger partial charge in [-0.15, -0.1) is 0 Å². The highest BCUT2D eigenvalue weighted by atomic mass is 16.6. The van der Waals surface area contributed by atoms with Crippen molar-refractivity contribution in [3.63, 3.8) is 0 Å². The zero-order valence-corrected chi connectivity index (χ0v) is 12.7. The summed E-state index contributed by atoms with van der Waals surface area (Å²) in [4.78, 5) is 13.3. The standard InChI is InChI=1S/C15H23N3O3/c1-3-17-10-6-7-12(11-17)16-13-8-5-9-14(21-4-2)15(13)18(19)20/h5,8-9,12,16H,3-4,6-7,10-11H2,1-2H3. The Morgan fingerprint density at radius 2 is 2.29 bits per heavy atom. The maximum Gasteiger partial charge on any atom is 0.333 e. The lowest BCUT2D eigenvalue weighted by atomic mass is 10.1. The third kappa shape index (κ3) is 3.85. The number of likely N-dealkylation sites (tertiary alicyclic amines) is 1. The summed E-state index contributed by atoms with van der Waals surface area (Å²) in [6, 6.07) is 5.44. The van der Waals surface area contributed by atoms with Crippen LogP contribution in [-0.4, -0.2) is 42.1 Å². The van der Waals surface area contributed by atoms with Crippen molar-refractivity contribution >= 4 is 11.4 Å². The average molecular weight is 293 g/mol. The quantitative estimate of drug-likeness (QED) is 0.645. The van der Waals surface area contributed by atoms with Gasteiger partial charge >= 0.3 is 5.69 Å². The summed E-state index contributed by atoms with van der Waals surface area (Å²) in [5, 5.41) is 14.7. The van der Waals surface area contributed by atoms with Crippen LogP contribution in [0, 0.1) is 10.1 Å². The topological polar surface area (TPSA) is 67.6 Å². The third-order valence-electron chi connectivity index (χ3n) is 3.79. The Morgan fingerprint density at radius 3 is 2.95 bits per heavy atom. The van der Waals surface area contributed by atoms with E-state index >= 15 is 0 Å². The lowest BCUT2D eigenvalue weighted by Crippen LogP contribution is -2.41.